The van der Waals surface area contributed by atoms with Crippen molar-refractivity contribution in [2.45, 2.75) is 38.7 Å². The number of ether oxygens (including phenoxy) is 1. The van der Waals surface area contributed by atoms with Crippen molar-refractivity contribution in [3.63, 3.8) is 0 Å². The van der Waals surface area contributed by atoms with E-state index in [-0.39, 0.29) is 11.8 Å². The van der Waals surface area contributed by atoms with Crippen molar-refractivity contribution in [1.29, 1.82) is 0 Å². The molecule has 0 unspecified atom stereocenters. The van der Waals surface area contributed by atoms with Gasteiger partial charge in [-0.15, -0.1) is 0 Å². The summed E-state index contributed by atoms with van der Waals surface area (Å²) in [5.41, 5.74) is 3.38. The Bertz CT molecular complexity index is 637. The summed E-state index contributed by atoms with van der Waals surface area (Å²) >= 11 is 0. The first kappa shape index (κ1) is 14.8. The Morgan fingerprint density at radius 1 is 1.32 bits per heavy atom. The second kappa shape index (κ2) is 6.75. The molecule has 0 saturated carbocycles. The second-order valence-electron chi connectivity index (χ2n) is 5.66. The Hall–Kier alpha value is -2.14. The number of aromatic nitrogens is 2. The molecule has 1 amide bonds. The zero-order chi connectivity index (χ0) is 15.4. The average molecular weight is 299 g/mol. The third-order valence-electron chi connectivity index (χ3n) is 3.91. The number of rotatable bonds is 6. The highest BCUT2D eigenvalue weighted by Crippen LogP contribution is 2.34. The number of H-pyrrole nitrogens is 1. The van der Waals surface area contributed by atoms with E-state index in [2.05, 4.69) is 22.4 Å². The van der Waals surface area contributed by atoms with Crippen LogP contribution in [0.25, 0.3) is 0 Å². The Labute approximate surface area is 130 Å². The second-order valence-corrected chi connectivity index (χ2v) is 5.66. The van der Waals surface area contributed by atoms with Crippen molar-refractivity contribution in [1.82, 2.24) is 10.2 Å². The molecule has 1 atom stereocenters. The van der Waals surface area contributed by atoms with Gasteiger partial charge in [0.05, 0.1) is 13.2 Å². The molecule has 0 aliphatic carbocycles. The van der Waals surface area contributed by atoms with Crippen LogP contribution in [0.2, 0.25) is 0 Å². The Balaban J connectivity index is 1.68. The molecule has 3 rings (SSSR count). The lowest BCUT2D eigenvalue weighted by molar-refractivity contribution is -0.117. The van der Waals surface area contributed by atoms with E-state index in [1.54, 1.807) is 0 Å². The molecule has 2 N–H and O–H groups in total. The SMILES string of the molecule is CCCc1[nH]nc2c1[C@H](COCc1ccccc1)CC(=O)N2. The van der Waals surface area contributed by atoms with Gasteiger partial charge in [0.1, 0.15) is 0 Å². The van der Waals surface area contributed by atoms with Gasteiger partial charge in [-0.25, -0.2) is 0 Å². The van der Waals surface area contributed by atoms with Crippen LogP contribution in [0.1, 0.15) is 42.5 Å². The molecule has 1 aliphatic rings. The smallest absolute Gasteiger partial charge is 0.226 e. The molecule has 1 aliphatic heterocycles. The zero-order valence-electron chi connectivity index (χ0n) is 12.8. The normalized spacial score (nSPS) is 17.1. The summed E-state index contributed by atoms with van der Waals surface area (Å²) in [6.07, 6.45) is 2.44. The van der Waals surface area contributed by atoms with Gasteiger partial charge in [0.15, 0.2) is 5.82 Å². The third-order valence-corrected chi connectivity index (χ3v) is 3.91. The molecule has 1 aromatic heterocycles. The molecule has 0 saturated heterocycles. The molecule has 0 spiro atoms. The number of anilines is 1. The van der Waals surface area contributed by atoms with Crippen LogP contribution >= 0.6 is 0 Å². The standard InChI is InChI=1S/C17H21N3O2/c1-2-6-14-16-13(9-15(21)18-17(16)20-19-14)11-22-10-12-7-4-3-5-8-12/h3-5,7-8,13H,2,6,9-11H2,1H3,(H2,18,19,20,21)/t13-/m0/s1. The number of nitrogens with zero attached hydrogens (tertiary/aromatic N) is 1. The molecule has 22 heavy (non-hydrogen) atoms. The van der Waals surface area contributed by atoms with Crippen molar-refractivity contribution < 1.29 is 9.53 Å². The number of carbonyl (C=O) groups excluding carboxylic acids is 1. The highest BCUT2D eigenvalue weighted by Gasteiger charge is 2.30. The summed E-state index contributed by atoms with van der Waals surface area (Å²) in [6.45, 7) is 3.23. The van der Waals surface area contributed by atoms with Gasteiger partial charge in [0, 0.05) is 23.6 Å². The van der Waals surface area contributed by atoms with Crippen molar-refractivity contribution in [2.75, 3.05) is 11.9 Å². The van der Waals surface area contributed by atoms with Gasteiger partial charge in [-0.2, -0.15) is 5.10 Å². The largest absolute Gasteiger partial charge is 0.376 e. The molecular formula is C17H21N3O2. The van der Waals surface area contributed by atoms with Crippen LogP contribution in [0.3, 0.4) is 0 Å². The number of hydrogen-bond donors (Lipinski definition) is 2. The van der Waals surface area contributed by atoms with E-state index in [4.69, 9.17) is 4.74 Å². The number of amides is 1. The summed E-state index contributed by atoms with van der Waals surface area (Å²) in [7, 11) is 0. The fourth-order valence-corrected chi connectivity index (χ4v) is 2.91. The molecule has 5 heteroatoms. The van der Waals surface area contributed by atoms with Gasteiger partial charge in [-0.3, -0.25) is 9.89 Å². The van der Waals surface area contributed by atoms with Crippen molar-refractivity contribution in [3.05, 3.63) is 47.2 Å². The summed E-state index contributed by atoms with van der Waals surface area (Å²) < 4.78 is 5.85. The van der Waals surface area contributed by atoms with E-state index in [1.807, 2.05) is 30.3 Å². The molecule has 2 aromatic rings. The van der Waals surface area contributed by atoms with Crippen LogP contribution in [0, 0.1) is 0 Å². The number of nitrogens with one attached hydrogen (secondary N) is 2. The van der Waals surface area contributed by atoms with E-state index in [1.165, 1.54) is 0 Å². The molecular weight excluding hydrogens is 278 g/mol. The van der Waals surface area contributed by atoms with Gasteiger partial charge >= 0.3 is 0 Å². The molecule has 2 heterocycles. The van der Waals surface area contributed by atoms with Crippen molar-refractivity contribution in [2.24, 2.45) is 0 Å². The van der Waals surface area contributed by atoms with E-state index >= 15 is 0 Å². The molecule has 0 fully saturated rings. The fourth-order valence-electron chi connectivity index (χ4n) is 2.91. The maximum Gasteiger partial charge on any atom is 0.226 e. The van der Waals surface area contributed by atoms with E-state index in [9.17, 15) is 4.79 Å². The predicted molar refractivity (Wildman–Crippen MR) is 84.7 cm³/mol. The number of carbonyl (C=O) groups is 1. The topological polar surface area (TPSA) is 67.0 Å². The van der Waals surface area contributed by atoms with Crippen molar-refractivity contribution in [3.8, 4) is 0 Å². The molecule has 5 nitrogen and oxygen atoms in total. The van der Waals surface area contributed by atoms with Crippen LogP contribution in [-0.2, 0) is 22.6 Å². The Morgan fingerprint density at radius 2 is 2.14 bits per heavy atom. The first-order valence-corrected chi connectivity index (χ1v) is 7.76. The number of fused-ring (bicyclic) bond motifs is 1. The van der Waals surface area contributed by atoms with E-state index in [0.717, 1.165) is 29.7 Å². The molecule has 1 aromatic carbocycles. The zero-order valence-corrected chi connectivity index (χ0v) is 12.8. The lowest BCUT2D eigenvalue weighted by Gasteiger charge is -2.23. The van der Waals surface area contributed by atoms with Gasteiger partial charge in [-0.1, -0.05) is 43.7 Å². The third kappa shape index (κ3) is 3.20. The van der Waals surface area contributed by atoms with Crippen LogP contribution in [0.15, 0.2) is 30.3 Å². The first-order chi connectivity index (χ1) is 10.8. The maximum absolute atomic E-state index is 11.8. The van der Waals surface area contributed by atoms with Gasteiger partial charge in [-0.05, 0) is 12.0 Å². The fraction of sp³-hybridized carbons (Fsp3) is 0.412. The highest BCUT2D eigenvalue weighted by molar-refractivity contribution is 5.93. The van der Waals surface area contributed by atoms with Crippen LogP contribution < -0.4 is 5.32 Å². The van der Waals surface area contributed by atoms with Crippen molar-refractivity contribution >= 4 is 11.7 Å². The predicted octanol–water partition coefficient (Wildman–Crippen LogP) is 3.00. The number of aromatic amines is 1. The maximum atomic E-state index is 11.8. The molecule has 116 valence electrons. The number of hydrogen-bond acceptors (Lipinski definition) is 3. The summed E-state index contributed by atoms with van der Waals surface area (Å²) in [4.78, 5) is 11.8. The minimum absolute atomic E-state index is 0.00959. The lowest BCUT2D eigenvalue weighted by atomic mass is 9.91. The number of benzene rings is 1. The average Bonchev–Trinajstić information content (AvgIpc) is 2.91. The minimum Gasteiger partial charge on any atom is -0.376 e. The van der Waals surface area contributed by atoms with Gasteiger partial charge in [0.25, 0.3) is 0 Å². The quantitative estimate of drug-likeness (QED) is 0.861. The van der Waals surface area contributed by atoms with E-state index in [0.29, 0.717) is 25.5 Å². The van der Waals surface area contributed by atoms with E-state index < -0.39 is 0 Å². The lowest BCUT2D eigenvalue weighted by Crippen LogP contribution is -2.25. The molecule has 0 radical (unpaired) electrons. The minimum atomic E-state index is 0.00959. The Morgan fingerprint density at radius 3 is 2.91 bits per heavy atom. The van der Waals surface area contributed by atoms with Crippen LogP contribution in [0.4, 0.5) is 5.82 Å². The molecule has 0 bridgehead atoms. The Kier molecular flexibility index (Phi) is 4.53. The summed E-state index contributed by atoms with van der Waals surface area (Å²) in [5, 5.41) is 10.1. The summed E-state index contributed by atoms with van der Waals surface area (Å²) in [6, 6.07) is 10.1. The first-order valence-electron chi connectivity index (χ1n) is 7.76. The van der Waals surface area contributed by atoms with Gasteiger partial charge < -0.3 is 10.1 Å². The summed E-state index contributed by atoms with van der Waals surface area (Å²) in [5.74, 6) is 0.760. The van der Waals surface area contributed by atoms with Crippen LogP contribution in [0.5, 0.6) is 0 Å². The monoisotopic (exact) mass is 299 g/mol. The van der Waals surface area contributed by atoms with Crippen LogP contribution in [-0.4, -0.2) is 22.7 Å². The van der Waals surface area contributed by atoms with Gasteiger partial charge in [0.2, 0.25) is 5.91 Å². The highest BCUT2D eigenvalue weighted by atomic mass is 16.5. The number of aryl methyl sites for hydroxylation is 1.